The van der Waals surface area contributed by atoms with Crippen LogP contribution in [0.4, 0.5) is 0 Å². The van der Waals surface area contributed by atoms with E-state index in [9.17, 15) is 9.59 Å². The molecular weight excluding hydrogens is 921 g/mol. The second-order valence-corrected chi connectivity index (χ2v) is 48.9. The van der Waals surface area contributed by atoms with Gasteiger partial charge in [0.15, 0.2) is 0 Å². The number of amides is 2. The van der Waals surface area contributed by atoms with Crippen LogP contribution in [0.2, 0.25) is 0 Å². The molecule has 0 bridgehead atoms. The predicted octanol–water partition coefficient (Wildman–Crippen LogP) is 13.8. The van der Waals surface area contributed by atoms with Crippen LogP contribution in [0.3, 0.4) is 0 Å². The third kappa shape index (κ3) is 8.04. The molecule has 6 rings (SSSR count). The van der Waals surface area contributed by atoms with Crippen molar-refractivity contribution in [2.75, 3.05) is 0 Å². The van der Waals surface area contributed by atoms with Crippen LogP contribution in [0.15, 0.2) is 96.1 Å². The molecule has 305 valence electrons. The van der Waals surface area contributed by atoms with E-state index in [1.807, 2.05) is 13.8 Å². The van der Waals surface area contributed by atoms with Crippen LogP contribution in [0.25, 0.3) is 34.4 Å². The van der Waals surface area contributed by atoms with Gasteiger partial charge in [0.05, 0.1) is 0 Å². The fourth-order valence-corrected chi connectivity index (χ4v) is 39.6. The second-order valence-electron chi connectivity index (χ2n) is 18.5. The van der Waals surface area contributed by atoms with E-state index in [1.165, 1.54) is 33.4 Å². The van der Waals surface area contributed by atoms with Gasteiger partial charge in [-0.3, -0.25) is 0 Å². The van der Waals surface area contributed by atoms with Crippen LogP contribution < -0.4 is 10.5 Å². The van der Waals surface area contributed by atoms with E-state index in [1.54, 1.807) is 0 Å². The first-order chi connectivity index (χ1) is 27.4. The van der Waals surface area contributed by atoms with E-state index >= 15 is 0 Å². The average molecular weight is 983 g/mol. The fourth-order valence-electron chi connectivity index (χ4n) is 9.79. The number of benzene rings is 4. The van der Waals surface area contributed by atoms with Crippen LogP contribution in [0, 0.1) is 0 Å². The first-order valence-electron chi connectivity index (χ1n) is 21.4. The Morgan fingerprint density at radius 2 is 0.931 bits per heavy atom. The van der Waals surface area contributed by atoms with Crippen molar-refractivity contribution in [3.8, 4) is 22.3 Å². The van der Waals surface area contributed by atoms with Crippen LogP contribution in [-0.2, 0) is 36.3 Å². The van der Waals surface area contributed by atoms with Crippen molar-refractivity contribution in [2.24, 2.45) is 0 Å². The molecule has 8 heteroatoms. The summed E-state index contributed by atoms with van der Waals surface area (Å²) >= 11 is -6.20. The summed E-state index contributed by atoms with van der Waals surface area (Å²) in [7, 11) is 17.9. The molecule has 0 saturated carbocycles. The molecule has 0 aromatic heterocycles. The maximum atomic E-state index is 13.8. The summed E-state index contributed by atoms with van der Waals surface area (Å²) < 4.78 is -1.72. The van der Waals surface area contributed by atoms with Gasteiger partial charge in [0.25, 0.3) is 0 Å². The van der Waals surface area contributed by atoms with Crippen molar-refractivity contribution in [1.82, 2.24) is 10.5 Å². The summed E-state index contributed by atoms with van der Waals surface area (Å²) in [4.78, 5) is 27.6. The van der Waals surface area contributed by atoms with E-state index in [0.29, 0.717) is 0 Å². The molecule has 4 aromatic carbocycles. The fraction of sp³-hybridized carbons (Fsp3) is 0.400. The van der Waals surface area contributed by atoms with Gasteiger partial charge in [-0.05, 0) is 0 Å². The molecule has 0 fully saturated rings. The van der Waals surface area contributed by atoms with Gasteiger partial charge >= 0.3 is 359 Å². The molecular formula is C50H62BCl2HfN2O2. The number of halogens is 2. The molecule has 4 nitrogen and oxygen atoms in total. The van der Waals surface area contributed by atoms with Gasteiger partial charge in [-0.15, -0.1) is 0 Å². The van der Waals surface area contributed by atoms with E-state index in [4.69, 9.17) is 17.2 Å². The topological polar surface area (TPSA) is 58.2 Å². The van der Waals surface area contributed by atoms with Crippen molar-refractivity contribution in [3.63, 3.8) is 0 Å². The average Bonchev–Trinajstić information content (AvgIpc) is 3.76. The molecule has 0 spiro atoms. The summed E-state index contributed by atoms with van der Waals surface area (Å²) in [6, 6.07) is 30.5. The molecule has 0 aliphatic heterocycles. The standard InChI is InChI=1S/2C22H25.C6H11BN2O2.2ClH.Hf/c2*1-5-9-16-14-17-10-8-12-18(20(17)15-16)19-11-6-7-13-21(19)22(2,3)4;1-3-5(10)8-7-9-6(11)4-2;;;/h2*6-8,10-15H,5,9H2,1-4H3;3-4H2,1-2H3,(H-,8,9,10,11);2*1H;/q;;;;;+1/p-1. The van der Waals surface area contributed by atoms with Gasteiger partial charge in [-0.2, -0.15) is 0 Å². The number of hydrogen-bond donors (Lipinski definition) is 2. The van der Waals surface area contributed by atoms with Gasteiger partial charge < -0.3 is 0 Å². The Hall–Kier alpha value is -3.18. The van der Waals surface area contributed by atoms with Crippen LogP contribution in [0.5, 0.6) is 0 Å². The molecule has 2 atom stereocenters. The molecule has 4 aromatic rings. The maximum absolute atomic E-state index is 13.8. The Bertz CT molecular complexity index is 2130. The quantitative estimate of drug-likeness (QED) is 0.131. The molecule has 2 aliphatic carbocycles. The summed E-state index contributed by atoms with van der Waals surface area (Å²) in [5, 5.41) is 6.63. The van der Waals surface area contributed by atoms with E-state index in [2.05, 4.69) is 163 Å². The molecule has 58 heavy (non-hydrogen) atoms. The molecule has 0 radical (unpaired) electrons. The number of fused-ring (bicyclic) bond motifs is 2. The minimum atomic E-state index is -6.20. The molecule has 0 saturated heterocycles. The van der Waals surface area contributed by atoms with Crippen molar-refractivity contribution >= 4 is 45.7 Å². The minimum absolute atomic E-state index is 0.0895. The molecule has 2 N–H and O–H groups in total. The van der Waals surface area contributed by atoms with E-state index < -0.39 is 27.8 Å². The van der Waals surface area contributed by atoms with Crippen LogP contribution in [0.1, 0.15) is 148 Å². The third-order valence-corrected chi connectivity index (χ3v) is 40.9. The van der Waals surface area contributed by atoms with Gasteiger partial charge in [0, 0.05) is 0 Å². The number of rotatable bonds is 13. The third-order valence-electron chi connectivity index (χ3n) is 12.3. The van der Waals surface area contributed by atoms with Crippen molar-refractivity contribution in [1.29, 1.82) is 0 Å². The predicted molar refractivity (Wildman–Crippen MR) is 247 cm³/mol. The first-order valence-corrected chi connectivity index (χ1v) is 36.6. The first kappa shape index (κ1) is 44.4. The van der Waals surface area contributed by atoms with Crippen molar-refractivity contribution in [2.45, 2.75) is 126 Å². The SMILES string of the molecule is CCCC1=Cc2c(-c3ccccc3C(C)(C)C)cccc2[CH]1[Hf]([Cl])([Cl])([B](NC(=O)CC)NC(=O)CC)[CH]1C(CCC)=Cc2c(-c3ccccc3C(C)(C)C)cccc21. The van der Waals surface area contributed by atoms with Gasteiger partial charge in [0.2, 0.25) is 0 Å². The molecule has 0 heterocycles. The summed E-state index contributed by atoms with van der Waals surface area (Å²) in [5.74, 6) is -0.380. The number of carbonyl (C=O) groups excluding carboxylic acids is 2. The molecule has 2 aliphatic rings. The van der Waals surface area contributed by atoms with Crippen LogP contribution in [-0.4, -0.2) is 16.4 Å². The second kappa shape index (κ2) is 17.1. The Labute approximate surface area is 356 Å². The monoisotopic (exact) mass is 983 g/mol. The molecule has 2 unspecified atom stereocenters. The zero-order valence-corrected chi connectivity index (χ0v) is 41.4. The normalized spacial score (nSPS) is 17.1. The van der Waals surface area contributed by atoms with Gasteiger partial charge in [0.1, 0.15) is 0 Å². The summed E-state index contributed by atoms with van der Waals surface area (Å²) in [6.45, 7) is 21.6. The summed E-state index contributed by atoms with van der Waals surface area (Å²) in [5.41, 5.74) is 13.8. The number of nitrogens with one attached hydrogen (secondary N) is 2. The Morgan fingerprint density at radius 3 is 1.28 bits per heavy atom. The zero-order chi connectivity index (χ0) is 42.2. The number of carbonyl (C=O) groups is 2. The Morgan fingerprint density at radius 1 is 0.569 bits per heavy atom. The Kier molecular flexibility index (Phi) is 13.0. The number of hydrogen-bond acceptors (Lipinski definition) is 2. The van der Waals surface area contributed by atoms with Gasteiger partial charge in [-0.25, -0.2) is 0 Å². The van der Waals surface area contributed by atoms with Crippen LogP contribution >= 0.6 is 17.2 Å². The Balaban J connectivity index is 1.72. The van der Waals surface area contributed by atoms with Crippen molar-refractivity contribution in [3.05, 3.63) is 129 Å². The molecule has 2 amide bonds. The van der Waals surface area contributed by atoms with E-state index in [0.717, 1.165) is 59.1 Å². The van der Waals surface area contributed by atoms with Gasteiger partial charge in [-0.1, -0.05) is 0 Å². The van der Waals surface area contributed by atoms with E-state index in [-0.39, 0.29) is 35.5 Å². The number of allylic oxidation sites excluding steroid dienone is 2. The van der Waals surface area contributed by atoms with Crippen molar-refractivity contribution < 1.29 is 25.5 Å². The summed E-state index contributed by atoms with van der Waals surface area (Å²) in [6.07, 6.45) is 8.54. The zero-order valence-electron chi connectivity index (χ0n) is 36.3.